The highest BCUT2D eigenvalue weighted by Gasteiger charge is 2.33. The second kappa shape index (κ2) is 1.45. The van der Waals surface area contributed by atoms with E-state index >= 15 is 0 Å². The monoisotopic (exact) mass is 114 g/mol. The lowest BCUT2D eigenvalue weighted by atomic mass is 9.78. The van der Waals surface area contributed by atoms with Crippen LogP contribution in [0.5, 0.6) is 0 Å². The van der Waals surface area contributed by atoms with Crippen molar-refractivity contribution in [3.05, 3.63) is 0 Å². The van der Waals surface area contributed by atoms with Gasteiger partial charge in [0.15, 0.2) is 0 Å². The average Bonchev–Trinajstić information content (AvgIpc) is 1.60. The molecule has 0 aromatic heterocycles. The van der Waals surface area contributed by atoms with E-state index < -0.39 is 11.5 Å². The van der Waals surface area contributed by atoms with Crippen LogP contribution in [0.4, 0.5) is 0 Å². The summed E-state index contributed by atoms with van der Waals surface area (Å²) in [6.45, 7) is 0. The van der Waals surface area contributed by atoms with Crippen molar-refractivity contribution in [2.45, 2.75) is 24.8 Å². The molecule has 0 bridgehead atoms. The third-order valence-corrected chi connectivity index (χ3v) is 1.65. The molecule has 0 saturated heterocycles. The topological polar surface area (TPSA) is 66.2 Å². The molecule has 8 heavy (non-hydrogen) atoms. The molecule has 0 spiro atoms. The molecule has 1 rings (SSSR count). The van der Waals surface area contributed by atoms with Gasteiger partial charge in [-0.3, -0.25) is 0 Å². The molecule has 3 nitrogen and oxygen atoms in total. The van der Waals surface area contributed by atoms with Crippen molar-refractivity contribution in [1.29, 1.82) is 0 Å². The van der Waals surface area contributed by atoms with E-state index in [0.29, 0.717) is 12.8 Å². The Balaban J connectivity index is 2.53. The van der Waals surface area contributed by atoms with Crippen LogP contribution in [0, 0.1) is 0 Å². The highest BCUT2D eigenvalue weighted by Crippen LogP contribution is 2.27. The summed E-state index contributed by atoms with van der Waals surface area (Å²) in [5.41, 5.74) is 4.31. The van der Waals surface area contributed by atoms with Gasteiger partial charge in [0.05, 0.1) is 11.5 Å². The first-order chi connectivity index (χ1) is 3.65. The van der Waals surface area contributed by atoms with E-state index in [-0.39, 0.29) is 0 Å². The van der Waals surface area contributed by atoms with Crippen molar-refractivity contribution in [1.82, 2.24) is 0 Å². The van der Waals surface area contributed by atoms with Gasteiger partial charge in [0, 0.05) is 0 Å². The molecular formula is C5H8NO2-. The summed E-state index contributed by atoms with van der Waals surface area (Å²) in [7, 11) is 0. The van der Waals surface area contributed by atoms with Crippen LogP contribution in [-0.4, -0.2) is 11.5 Å². The molecule has 3 heteroatoms. The number of hydrogen-bond acceptors (Lipinski definition) is 3. The Morgan fingerprint density at radius 1 is 1.62 bits per heavy atom. The Morgan fingerprint density at radius 3 is 2.12 bits per heavy atom. The molecule has 1 saturated carbocycles. The zero-order valence-corrected chi connectivity index (χ0v) is 4.52. The largest absolute Gasteiger partial charge is 0.548 e. The minimum absolute atomic E-state index is 0.579. The van der Waals surface area contributed by atoms with E-state index in [1.807, 2.05) is 0 Å². The zero-order valence-electron chi connectivity index (χ0n) is 4.52. The summed E-state index contributed by atoms with van der Waals surface area (Å²) in [4.78, 5) is 10.1. The van der Waals surface area contributed by atoms with Crippen LogP contribution in [0.15, 0.2) is 0 Å². The molecule has 0 aromatic rings. The summed E-state index contributed by atoms with van der Waals surface area (Å²) in [5, 5.41) is 10.1. The molecular weight excluding hydrogens is 106 g/mol. The molecule has 0 amide bonds. The van der Waals surface area contributed by atoms with Gasteiger partial charge in [-0.15, -0.1) is 0 Å². The van der Waals surface area contributed by atoms with Crippen molar-refractivity contribution in [2.75, 3.05) is 0 Å². The molecule has 0 aromatic carbocycles. The van der Waals surface area contributed by atoms with Crippen molar-refractivity contribution in [3.63, 3.8) is 0 Å². The average molecular weight is 114 g/mol. The molecule has 2 N–H and O–H groups in total. The van der Waals surface area contributed by atoms with Crippen LogP contribution in [0.25, 0.3) is 0 Å². The number of hydrogen-bond donors (Lipinski definition) is 1. The predicted molar refractivity (Wildman–Crippen MR) is 25.8 cm³/mol. The fourth-order valence-corrected chi connectivity index (χ4v) is 0.762. The van der Waals surface area contributed by atoms with E-state index in [1.165, 1.54) is 0 Å². The van der Waals surface area contributed by atoms with Gasteiger partial charge < -0.3 is 15.6 Å². The molecule has 1 aliphatic rings. The van der Waals surface area contributed by atoms with Gasteiger partial charge in [-0.2, -0.15) is 0 Å². The van der Waals surface area contributed by atoms with Crippen molar-refractivity contribution < 1.29 is 9.90 Å². The minimum Gasteiger partial charge on any atom is -0.548 e. The van der Waals surface area contributed by atoms with Crippen molar-refractivity contribution >= 4 is 5.97 Å². The Hall–Kier alpha value is -0.570. The van der Waals surface area contributed by atoms with Crippen molar-refractivity contribution in [3.8, 4) is 0 Å². The summed E-state index contributed by atoms with van der Waals surface area (Å²) >= 11 is 0. The number of carbonyl (C=O) groups excluding carboxylic acids is 1. The lowest BCUT2D eigenvalue weighted by Crippen LogP contribution is -2.59. The van der Waals surface area contributed by atoms with Gasteiger partial charge in [0.2, 0.25) is 0 Å². The van der Waals surface area contributed by atoms with E-state index in [0.717, 1.165) is 6.42 Å². The molecule has 0 heterocycles. The van der Waals surface area contributed by atoms with Crippen LogP contribution in [0.1, 0.15) is 19.3 Å². The van der Waals surface area contributed by atoms with E-state index in [2.05, 4.69) is 0 Å². The maximum Gasteiger partial charge on any atom is 0.0613 e. The summed E-state index contributed by atoms with van der Waals surface area (Å²) in [6, 6.07) is 0. The number of carboxylic acid groups (broad SMARTS) is 1. The van der Waals surface area contributed by atoms with Gasteiger partial charge in [0.25, 0.3) is 0 Å². The Morgan fingerprint density at radius 2 is 2.12 bits per heavy atom. The van der Waals surface area contributed by atoms with E-state index in [9.17, 15) is 9.90 Å². The molecule has 0 aliphatic heterocycles. The Bertz CT molecular complexity index is 118. The Kier molecular flexibility index (Phi) is 1.01. The number of nitrogens with two attached hydrogens (primary N) is 1. The fraction of sp³-hybridized carbons (Fsp3) is 0.800. The molecule has 0 radical (unpaired) electrons. The second-order valence-corrected chi connectivity index (χ2v) is 2.30. The van der Waals surface area contributed by atoms with Gasteiger partial charge in [-0.25, -0.2) is 0 Å². The SMILES string of the molecule is NC1(C(=O)[O-])CCC1. The fourth-order valence-electron chi connectivity index (χ4n) is 0.762. The first kappa shape index (κ1) is 5.56. The first-order valence-corrected chi connectivity index (χ1v) is 2.65. The Labute approximate surface area is 47.5 Å². The third-order valence-electron chi connectivity index (χ3n) is 1.65. The zero-order chi connectivity index (χ0) is 6.20. The van der Waals surface area contributed by atoms with Gasteiger partial charge in [-0.1, -0.05) is 0 Å². The van der Waals surface area contributed by atoms with Crippen LogP contribution < -0.4 is 10.8 Å². The number of aliphatic carboxylic acids is 1. The minimum atomic E-state index is -1.11. The summed E-state index contributed by atoms with van der Waals surface area (Å²) in [6.07, 6.45) is 2.08. The highest BCUT2D eigenvalue weighted by molar-refractivity contribution is 5.77. The van der Waals surface area contributed by atoms with Gasteiger partial charge >= 0.3 is 0 Å². The van der Waals surface area contributed by atoms with Crippen LogP contribution in [0.3, 0.4) is 0 Å². The van der Waals surface area contributed by atoms with E-state index in [4.69, 9.17) is 5.73 Å². The lowest BCUT2D eigenvalue weighted by molar-refractivity contribution is -0.316. The number of rotatable bonds is 1. The summed E-state index contributed by atoms with van der Waals surface area (Å²) < 4.78 is 0. The van der Waals surface area contributed by atoms with Crippen LogP contribution in [0.2, 0.25) is 0 Å². The maximum absolute atomic E-state index is 10.1. The van der Waals surface area contributed by atoms with Crippen molar-refractivity contribution in [2.24, 2.45) is 5.73 Å². The second-order valence-electron chi connectivity index (χ2n) is 2.30. The molecule has 1 fully saturated rings. The molecule has 46 valence electrons. The lowest BCUT2D eigenvalue weighted by Gasteiger charge is -2.38. The standard InChI is InChI=1S/C5H9NO2/c6-5(4(7)8)2-1-3-5/h1-3,6H2,(H,7,8)/p-1. The quantitative estimate of drug-likeness (QED) is 0.456. The maximum atomic E-state index is 10.1. The number of carboxylic acids is 1. The third kappa shape index (κ3) is 0.591. The van der Waals surface area contributed by atoms with Gasteiger partial charge in [-0.05, 0) is 19.3 Å². The summed E-state index contributed by atoms with van der Waals surface area (Å²) in [5.74, 6) is -1.11. The van der Waals surface area contributed by atoms with Crippen LogP contribution >= 0.6 is 0 Å². The van der Waals surface area contributed by atoms with Crippen LogP contribution in [-0.2, 0) is 4.79 Å². The van der Waals surface area contributed by atoms with E-state index in [1.54, 1.807) is 0 Å². The molecule has 0 unspecified atom stereocenters. The van der Waals surface area contributed by atoms with Gasteiger partial charge in [0.1, 0.15) is 0 Å². The number of carbonyl (C=O) groups is 1. The first-order valence-electron chi connectivity index (χ1n) is 2.65. The highest BCUT2D eigenvalue weighted by atomic mass is 16.4. The normalized spacial score (nSPS) is 24.1. The molecule has 1 aliphatic carbocycles. The molecule has 0 atom stereocenters. The predicted octanol–water partition coefficient (Wildman–Crippen LogP) is -1.38. The smallest absolute Gasteiger partial charge is 0.0613 e.